The molecule has 6 heteroatoms. The predicted molar refractivity (Wildman–Crippen MR) is 70.9 cm³/mol. The molecule has 4 nitrogen and oxygen atoms in total. The first-order chi connectivity index (χ1) is 8.87. The van der Waals surface area contributed by atoms with Crippen LogP contribution in [0.4, 0.5) is 4.39 Å². The van der Waals surface area contributed by atoms with Crippen LogP contribution in [0.15, 0.2) is 18.2 Å². The zero-order chi connectivity index (χ0) is 14.5. The highest BCUT2D eigenvalue weighted by molar-refractivity contribution is 6.34. The number of amides is 1. The van der Waals surface area contributed by atoms with Crippen LogP contribution in [-0.2, 0) is 4.74 Å². The summed E-state index contributed by atoms with van der Waals surface area (Å²) in [4.78, 5) is 11.8. The van der Waals surface area contributed by atoms with E-state index in [2.05, 4.69) is 5.32 Å². The van der Waals surface area contributed by atoms with Crippen LogP contribution >= 0.6 is 11.6 Å². The number of rotatable bonds is 6. The molecule has 0 saturated carbocycles. The molecule has 0 heterocycles. The molecule has 106 valence electrons. The summed E-state index contributed by atoms with van der Waals surface area (Å²) in [6.45, 7) is 1.99. The molecule has 0 fully saturated rings. The third-order valence-electron chi connectivity index (χ3n) is 2.67. The maximum atomic E-state index is 13.2. The molecular weight excluding hydrogens is 273 g/mol. The van der Waals surface area contributed by atoms with Gasteiger partial charge < -0.3 is 15.2 Å². The van der Waals surface area contributed by atoms with Gasteiger partial charge in [0.2, 0.25) is 0 Å². The van der Waals surface area contributed by atoms with Crippen LogP contribution in [0, 0.1) is 5.82 Å². The molecule has 1 unspecified atom stereocenters. The van der Waals surface area contributed by atoms with Crippen molar-refractivity contribution < 1.29 is 19.0 Å². The van der Waals surface area contributed by atoms with E-state index < -0.39 is 17.3 Å². The number of benzene rings is 1. The first-order valence-corrected chi connectivity index (χ1v) is 6.19. The molecule has 1 rings (SSSR count). The van der Waals surface area contributed by atoms with Gasteiger partial charge in [-0.1, -0.05) is 17.7 Å². The number of halogens is 2. The Morgan fingerprint density at radius 1 is 1.58 bits per heavy atom. The summed E-state index contributed by atoms with van der Waals surface area (Å²) in [5.74, 6) is -1.18. The molecule has 0 aliphatic heterocycles. The summed E-state index contributed by atoms with van der Waals surface area (Å²) >= 11 is 5.70. The molecule has 0 radical (unpaired) electrons. The molecule has 1 amide bonds. The number of hydrogen-bond acceptors (Lipinski definition) is 3. The zero-order valence-electron chi connectivity index (χ0n) is 10.9. The van der Waals surface area contributed by atoms with Gasteiger partial charge in [0.1, 0.15) is 5.82 Å². The van der Waals surface area contributed by atoms with Gasteiger partial charge in [0.15, 0.2) is 0 Å². The molecular formula is C13H17ClFNO3. The predicted octanol–water partition coefficient (Wildman–Crippen LogP) is 2.00. The molecule has 1 aromatic carbocycles. The fraction of sp³-hybridized carbons (Fsp3) is 0.462. The third-order valence-corrected chi connectivity index (χ3v) is 3.05. The van der Waals surface area contributed by atoms with Crippen LogP contribution in [0.1, 0.15) is 23.7 Å². The highest BCUT2D eigenvalue weighted by Crippen LogP contribution is 2.19. The molecule has 1 atom stereocenters. The largest absolute Gasteiger partial charge is 0.388 e. The Bertz CT molecular complexity index is 452. The highest BCUT2D eigenvalue weighted by atomic mass is 35.5. The number of aliphatic hydroxyl groups is 1. The molecule has 0 bridgehead atoms. The second-order valence-corrected chi connectivity index (χ2v) is 4.90. The number of carbonyl (C=O) groups excluding carboxylic acids is 1. The van der Waals surface area contributed by atoms with E-state index in [1.807, 2.05) is 0 Å². The van der Waals surface area contributed by atoms with Gasteiger partial charge in [0.25, 0.3) is 5.91 Å². The van der Waals surface area contributed by atoms with Crippen molar-refractivity contribution >= 4 is 17.5 Å². The summed E-state index contributed by atoms with van der Waals surface area (Å²) in [6, 6.07) is 4.00. The van der Waals surface area contributed by atoms with Gasteiger partial charge in [0, 0.05) is 26.7 Å². The van der Waals surface area contributed by atoms with Crippen LogP contribution in [0.25, 0.3) is 0 Å². The van der Waals surface area contributed by atoms with Crippen LogP contribution in [0.2, 0.25) is 5.02 Å². The van der Waals surface area contributed by atoms with E-state index in [0.717, 1.165) is 0 Å². The Kier molecular flexibility index (Phi) is 5.72. The van der Waals surface area contributed by atoms with Crippen LogP contribution in [0.3, 0.4) is 0 Å². The van der Waals surface area contributed by atoms with Crippen LogP contribution < -0.4 is 5.32 Å². The summed E-state index contributed by atoms with van der Waals surface area (Å²) in [5, 5.41) is 12.3. The topological polar surface area (TPSA) is 58.6 Å². The summed E-state index contributed by atoms with van der Waals surface area (Å²) in [6.07, 6.45) is 0.376. The molecule has 19 heavy (non-hydrogen) atoms. The van der Waals surface area contributed by atoms with Gasteiger partial charge in [-0.25, -0.2) is 4.39 Å². The van der Waals surface area contributed by atoms with E-state index in [-0.39, 0.29) is 17.1 Å². The highest BCUT2D eigenvalue weighted by Gasteiger charge is 2.22. The van der Waals surface area contributed by atoms with Gasteiger partial charge in [-0.3, -0.25) is 4.79 Å². The second-order valence-electron chi connectivity index (χ2n) is 4.52. The number of carbonyl (C=O) groups is 1. The molecule has 0 saturated heterocycles. The van der Waals surface area contributed by atoms with Gasteiger partial charge in [-0.05, 0) is 19.1 Å². The molecule has 0 aliphatic carbocycles. The van der Waals surface area contributed by atoms with E-state index >= 15 is 0 Å². The second kappa shape index (κ2) is 6.84. The van der Waals surface area contributed by atoms with E-state index in [9.17, 15) is 14.3 Å². The van der Waals surface area contributed by atoms with Crippen LogP contribution in [-0.4, -0.2) is 36.9 Å². The lowest BCUT2D eigenvalue weighted by Crippen LogP contribution is -2.41. The van der Waals surface area contributed by atoms with Crippen molar-refractivity contribution in [3.8, 4) is 0 Å². The number of methoxy groups -OCH3 is 1. The first-order valence-electron chi connectivity index (χ1n) is 5.81. The Labute approximate surface area is 116 Å². The zero-order valence-corrected chi connectivity index (χ0v) is 11.6. The van der Waals surface area contributed by atoms with Crippen molar-refractivity contribution in [2.24, 2.45) is 0 Å². The lowest BCUT2D eigenvalue weighted by Gasteiger charge is -2.23. The van der Waals surface area contributed by atoms with E-state index in [1.165, 1.54) is 25.3 Å². The minimum atomic E-state index is -1.09. The minimum absolute atomic E-state index is 0.0298. The normalized spacial score (nSPS) is 13.9. The first kappa shape index (κ1) is 15.9. The van der Waals surface area contributed by atoms with Gasteiger partial charge in [0.05, 0.1) is 16.2 Å². The number of ether oxygens (including phenoxy) is 1. The average molecular weight is 290 g/mol. The Morgan fingerprint density at radius 3 is 2.89 bits per heavy atom. The van der Waals surface area contributed by atoms with Gasteiger partial charge in [-0.2, -0.15) is 0 Å². The van der Waals surface area contributed by atoms with E-state index in [0.29, 0.717) is 13.0 Å². The number of nitrogens with one attached hydrogen (secondary N) is 1. The van der Waals surface area contributed by atoms with Crippen molar-refractivity contribution in [2.75, 3.05) is 20.3 Å². The third kappa shape index (κ3) is 4.78. The summed E-state index contributed by atoms with van der Waals surface area (Å²) in [7, 11) is 1.53. The lowest BCUT2D eigenvalue weighted by atomic mass is 10.0. The summed E-state index contributed by atoms with van der Waals surface area (Å²) in [5.41, 5.74) is -1.05. The average Bonchev–Trinajstić information content (AvgIpc) is 2.37. The fourth-order valence-electron chi connectivity index (χ4n) is 1.46. The fourth-order valence-corrected chi connectivity index (χ4v) is 1.67. The smallest absolute Gasteiger partial charge is 0.253 e. The summed E-state index contributed by atoms with van der Waals surface area (Å²) < 4.78 is 18.1. The van der Waals surface area contributed by atoms with Gasteiger partial charge >= 0.3 is 0 Å². The monoisotopic (exact) mass is 289 g/mol. The lowest BCUT2D eigenvalue weighted by molar-refractivity contribution is 0.0243. The van der Waals surface area contributed by atoms with Crippen molar-refractivity contribution in [3.63, 3.8) is 0 Å². The SMILES string of the molecule is COCCC(C)(O)CNC(=O)c1cccc(F)c1Cl. The Balaban J connectivity index is 2.63. The molecule has 2 N–H and O–H groups in total. The van der Waals surface area contributed by atoms with E-state index in [1.54, 1.807) is 6.92 Å². The standard InChI is InChI=1S/C13H17ClFNO3/c1-13(18,6-7-19-2)8-16-12(17)9-4-3-5-10(15)11(9)14/h3-5,18H,6-8H2,1-2H3,(H,16,17). The Hall–Kier alpha value is -1.17. The van der Waals surface area contributed by atoms with Crippen molar-refractivity contribution in [2.45, 2.75) is 18.9 Å². The van der Waals surface area contributed by atoms with E-state index in [4.69, 9.17) is 16.3 Å². The maximum absolute atomic E-state index is 13.2. The van der Waals surface area contributed by atoms with Crippen molar-refractivity contribution in [1.29, 1.82) is 0 Å². The Morgan fingerprint density at radius 2 is 2.26 bits per heavy atom. The molecule has 0 aromatic heterocycles. The molecule has 1 aromatic rings. The molecule has 0 spiro atoms. The van der Waals surface area contributed by atoms with Crippen molar-refractivity contribution in [1.82, 2.24) is 5.32 Å². The molecule has 0 aliphatic rings. The minimum Gasteiger partial charge on any atom is -0.388 e. The van der Waals surface area contributed by atoms with Crippen molar-refractivity contribution in [3.05, 3.63) is 34.6 Å². The maximum Gasteiger partial charge on any atom is 0.253 e. The number of hydrogen-bond donors (Lipinski definition) is 2. The quantitative estimate of drug-likeness (QED) is 0.842. The van der Waals surface area contributed by atoms with Gasteiger partial charge in [-0.15, -0.1) is 0 Å². The van der Waals surface area contributed by atoms with Crippen LogP contribution in [0.5, 0.6) is 0 Å².